The van der Waals surface area contributed by atoms with Gasteiger partial charge >= 0.3 is 5.97 Å². The first-order valence-corrected chi connectivity index (χ1v) is 7.38. The maximum atomic E-state index is 12.1. The van der Waals surface area contributed by atoms with E-state index in [-0.39, 0.29) is 22.1 Å². The predicted molar refractivity (Wildman–Crippen MR) is 83.8 cm³/mol. The van der Waals surface area contributed by atoms with E-state index in [1.165, 1.54) is 18.2 Å². The van der Waals surface area contributed by atoms with E-state index in [0.29, 0.717) is 8.95 Å². The van der Waals surface area contributed by atoms with Gasteiger partial charge in [0.15, 0.2) is 10.8 Å². The molecule has 2 N–H and O–H groups in total. The van der Waals surface area contributed by atoms with Gasteiger partial charge in [0.1, 0.15) is 0 Å². The van der Waals surface area contributed by atoms with Crippen molar-refractivity contribution in [2.24, 2.45) is 0 Å². The Balaban J connectivity index is 2.37. The number of carbonyl (C=O) groups is 2. The second-order valence-electron chi connectivity index (χ2n) is 3.81. The number of aromatic carboxylic acids is 1. The molecule has 0 fully saturated rings. The molecule has 0 aliphatic rings. The zero-order valence-electron chi connectivity index (χ0n) is 10.1. The van der Waals surface area contributed by atoms with Gasteiger partial charge in [-0.2, -0.15) is 0 Å². The van der Waals surface area contributed by atoms with Crippen LogP contribution < -0.4 is 5.32 Å². The molecule has 2 aromatic rings. The molecule has 21 heavy (non-hydrogen) atoms. The standard InChI is InChI=1S/C12H6Br2ClN3O3/c13-5-3-6(12(20)21)10(7(14)4-5)16-11(19)8-1-2-9(15)18-17-8/h1-4H,(H,16,19)(H,20,21). The minimum absolute atomic E-state index is 0.0190. The molecule has 0 bridgehead atoms. The molecule has 0 radical (unpaired) electrons. The third-order valence-corrected chi connectivity index (χ3v) is 3.67. The van der Waals surface area contributed by atoms with Crippen LogP contribution in [0.5, 0.6) is 0 Å². The molecule has 1 aromatic heterocycles. The highest BCUT2D eigenvalue weighted by atomic mass is 79.9. The fraction of sp³-hybridized carbons (Fsp3) is 0. The Morgan fingerprint density at radius 1 is 1.19 bits per heavy atom. The van der Waals surface area contributed by atoms with Crippen LogP contribution in [0, 0.1) is 0 Å². The lowest BCUT2D eigenvalue weighted by Crippen LogP contribution is -2.17. The number of carboxylic acids is 1. The molecule has 0 saturated carbocycles. The number of benzene rings is 1. The van der Waals surface area contributed by atoms with Crippen LogP contribution >= 0.6 is 43.5 Å². The topological polar surface area (TPSA) is 92.2 Å². The molecule has 0 atom stereocenters. The average molecular weight is 435 g/mol. The lowest BCUT2D eigenvalue weighted by atomic mass is 10.1. The Hall–Kier alpha value is -1.51. The summed E-state index contributed by atoms with van der Waals surface area (Å²) in [5.41, 5.74) is 0.0875. The summed E-state index contributed by atoms with van der Waals surface area (Å²) in [6.45, 7) is 0. The number of amides is 1. The van der Waals surface area contributed by atoms with E-state index in [1.807, 2.05) is 0 Å². The fourth-order valence-corrected chi connectivity index (χ4v) is 2.91. The van der Waals surface area contributed by atoms with Crippen molar-refractivity contribution in [1.82, 2.24) is 10.2 Å². The number of rotatable bonds is 3. The van der Waals surface area contributed by atoms with Crippen LogP contribution in [-0.4, -0.2) is 27.2 Å². The fourth-order valence-electron chi connectivity index (χ4n) is 1.48. The number of halogens is 3. The van der Waals surface area contributed by atoms with E-state index in [2.05, 4.69) is 47.4 Å². The second kappa shape index (κ2) is 6.50. The van der Waals surface area contributed by atoms with Gasteiger partial charge in [0, 0.05) is 8.95 Å². The van der Waals surface area contributed by atoms with Gasteiger partial charge < -0.3 is 10.4 Å². The molecule has 1 amide bonds. The molecular weight excluding hydrogens is 429 g/mol. The molecular formula is C12H6Br2ClN3O3. The van der Waals surface area contributed by atoms with Gasteiger partial charge in [0.25, 0.3) is 5.91 Å². The zero-order chi connectivity index (χ0) is 15.6. The summed E-state index contributed by atoms with van der Waals surface area (Å²) in [5, 5.41) is 19.0. The quantitative estimate of drug-likeness (QED) is 0.769. The van der Waals surface area contributed by atoms with Crippen molar-refractivity contribution >= 4 is 61.0 Å². The highest BCUT2D eigenvalue weighted by Crippen LogP contribution is 2.31. The van der Waals surface area contributed by atoms with Crippen LogP contribution in [0.2, 0.25) is 5.15 Å². The summed E-state index contributed by atoms with van der Waals surface area (Å²) in [6, 6.07) is 5.81. The number of hydrogen-bond acceptors (Lipinski definition) is 4. The normalized spacial score (nSPS) is 10.2. The SMILES string of the molecule is O=C(Nc1c(Br)cc(Br)cc1C(=O)O)c1ccc(Cl)nn1. The van der Waals surface area contributed by atoms with Gasteiger partial charge in [0.05, 0.1) is 11.3 Å². The summed E-state index contributed by atoms with van der Waals surface area (Å²) in [4.78, 5) is 23.3. The molecule has 1 aromatic carbocycles. The van der Waals surface area contributed by atoms with Crippen LogP contribution in [0.1, 0.15) is 20.8 Å². The molecule has 1 heterocycles. The van der Waals surface area contributed by atoms with E-state index < -0.39 is 11.9 Å². The number of hydrogen-bond donors (Lipinski definition) is 2. The first-order valence-electron chi connectivity index (χ1n) is 5.41. The number of aromatic nitrogens is 2. The summed E-state index contributed by atoms with van der Waals surface area (Å²) in [5.74, 6) is -1.76. The monoisotopic (exact) mass is 433 g/mol. The van der Waals surface area contributed by atoms with E-state index >= 15 is 0 Å². The van der Waals surface area contributed by atoms with Crippen molar-refractivity contribution in [3.63, 3.8) is 0 Å². The highest BCUT2D eigenvalue weighted by Gasteiger charge is 2.18. The van der Waals surface area contributed by atoms with E-state index in [9.17, 15) is 14.7 Å². The second-order valence-corrected chi connectivity index (χ2v) is 5.97. The highest BCUT2D eigenvalue weighted by molar-refractivity contribution is 9.11. The van der Waals surface area contributed by atoms with Crippen LogP contribution in [0.25, 0.3) is 0 Å². The third-order valence-electron chi connectivity index (χ3n) is 2.39. The van der Waals surface area contributed by atoms with E-state index in [1.54, 1.807) is 6.07 Å². The van der Waals surface area contributed by atoms with Gasteiger partial charge in [-0.25, -0.2) is 4.79 Å². The van der Waals surface area contributed by atoms with Crippen LogP contribution in [0.15, 0.2) is 33.2 Å². The smallest absolute Gasteiger partial charge is 0.337 e. The molecule has 0 saturated heterocycles. The number of carboxylic acid groups (broad SMARTS) is 1. The maximum Gasteiger partial charge on any atom is 0.337 e. The lowest BCUT2D eigenvalue weighted by Gasteiger charge is -2.11. The zero-order valence-corrected chi connectivity index (χ0v) is 14.0. The van der Waals surface area contributed by atoms with Crippen LogP contribution in [-0.2, 0) is 0 Å². The van der Waals surface area contributed by atoms with Gasteiger partial charge in [0.2, 0.25) is 0 Å². The Bertz CT molecular complexity index is 722. The average Bonchev–Trinajstić information content (AvgIpc) is 2.41. The van der Waals surface area contributed by atoms with Crippen molar-refractivity contribution in [2.45, 2.75) is 0 Å². The summed E-state index contributed by atoms with van der Waals surface area (Å²) in [7, 11) is 0. The number of anilines is 1. The van der Waals surface area contributed by atoms with Gasteiger partial charge in [-0.05, 0) is 40.2 Å². The summed E-state index contributed by atoms with van der Waals surface area (Å²) in [6.07, 6.45) is 0. The molecule has 0 spiro atoms. The molecule has 0 aliphatic heterocycles. The van der Waals surface area contributed by atoms with Gasteiger partial charge in [-0.3, -0.25) is 4.79 Å². The Kier molecular flexibility index (Phi) is 4.92. The first-order chi connectivity index (χ1) is 9.88. The molecule has 6 nitrogen and oxygen atoms in total. The van der Waals surface area contributed by atoms with Crippen molar-refractivity contribution in [3.8, 4) is 0 Å². The maximum absolute atomic E-state index is 12.1. The Morgan fingerprint density at radius 2 is 1.90 bits per heavy atom. The third kappa shape index (κ3) is 3.78. The largest absolute Gasteiger partial charge is 0.478 e. The summed E-state index contributed by atoms with van der Waals surface area (Å²) < 4.78 is 0.987. The summed E-state index contributed by atoms with van der Waals surface area (Å²) >= 11 is 12.0. The van der Waals surface area contributed by atoms with Gasteiger partial charge in [-0.15, -0.1) is 10.2 Å². The van der Waals surface area contributed by atoms with Crippen molar-refractivity contribution in [3.05, 3.63) is 49.6 Å². The number of nitrogens with zero attached hydrogens (tertiary/aromatic N) is 2. The van der Waals surface area contributed by atoms with E-state index in [4.69, 9.17) is 11.6 Å². The van der Waals surface area contributed by atoms with Crippen molar-refractivity contribution < 1.29 is 14.7 Å². The van der Waals surface area contributed by atoms with Gasteiger partial charge in [-0.1, -0.05) is 27.5 Å². The molecule has 0 unspecified atom stereocenters. The molecule has 9 heteroatoms. The molecule has 108 valence electrons. The lowest BCUT2D eigenvalue weighted by molar-refractivity contribution is 0.0698. The predicted octanol–water partition coefficient (Wildman–Crippen LogP) is 3.61. The van der Waals surface area contributed by atoms with Crippen LogP contribution in [0.4, 0.5) is 5.69 Å². The van der Waals surface area contributed by atoms with E-state index in [0.717, 1.165) is 0 Å². The minimum atomic E-state index is -1.17. The Morgan fingerprint density at radius 3 is 2.48 bits per heavy atom. The molecule has 2 rings (SSSR count). The van der Waals surface area contributed by atoms with Crippen LogP contribution in [0.3, 0.4) is 0 Å². The Labute approximate surface area is 140 Å². The minimum Gasteiger partial charge on any atom is -0.478 e. The number of carbonyl (C=O) groups excluding carboxylic acids is 1. The van der Waals surface area contributed by atoms with Crippen molar-refractivity contribution in [2.75, 3.05) is 5.32 Å². The molecule has 0 aliphatic carbocycles. The van der Waals surface area contributed by atoms with Crippen molar-refractivity contribution in [1.29, 1.82) is 0 Å². The number of nitrogens with one attached hydrogen (secondary N) is 1. The first kappa shape index (κ1) is 15.9.